The molecule has 6 nitrogen and oxygen atoms in total. The van der Waals surface area contributed by atoms with E-state index in [1.54, 1.807) is 23.2 Å². The van der Waals surface area contributed by atoms with Gasteiger partial charge in [-0.3, -0.25) is 9.59 Å². The molecule has 0 spiro atoms. The van der Waals surface area contributed by atoms with E-state index in [1.807, 2.05) is 30.3 Å². The minimum atomic E-state index is -0.275. The van der Waals surface area contributed by atoms with Crippen molar-refractivity contribution in [2.45, 2.75) is 12.5 Å². The zero-order chi connectivity index (χ0) is 17.2. The van der Waals surface area contributed by atoms with Crippen LogP contribution in [0.2, 0.25) is 0 Å². The Morgan fingerprint density at radius 1 is 1.20 bits per heavy atom. The maximum atomic E-state index is 12.9. The highest BCUT2D eigenvalue weighted by Crippen LogP contribution is 2.21. The van der Waals surface area contributed by atoms with Crippen LogP contribution in [0.1, 0.15) is 16.8 Å². The van der Waals surface area contributed by atoms with E-state index in [4.69, 9.17) is 4.74 Å². The molecule has 0 saturated carbocycles. The molecule has 1 amide bonds. The number of nitrogens with one attached hydrogen (secondary N) is 1. The van der Waals surface area contributed by atoms with E-state index >= 15 is 0 Å². The number of nitrogens with zero attached hydrogens (tertiary/aromatic N) is 2. The fourth-order valence-electron chi connectivity index (χ4n) is 3.15. The number of H-pyrrole nitrogens is 1. The molecule has 126 valence electrons. The van der Waals surface area contributed by atoms with Crippen LogP contribution in [-0.4, -0.2) is 40.0 Å². The lowest BCUT2D eigenvalue weighted by atomic mass is 10.1. The van der Waals surface area contributed by atoms with Crippen LogP contribution in [0, 0.1) is 0 Å². The largest absolute Gasteiger partial charge is 0.472 e. The van der Waals surface area contributed by atoms with Gasteiger partial charge in [-0.2, -0.15) is 0 Å². The third kappa shape index (κ3) is 3.10. The molecule has 0 bridgehead atoms. The van der Waals surface area contributed by atoms with Gasteiger partial charge >= 0.3 is 0 Å². The molecule has 4 rings (SSSR count). The fourth-order valence-corrected chi connectivity index (χ4v) is 3.15. The van der Waals surface area contributed by atoms with Gasteiger partial charge in [-0.15, -0.1) is 0 Å². The first-order chi connectivity index (χ1) is 12.2. The first-order valence-corrected chi connectivity index (χ1v) is 8.20. The van der Waals surface area contributed by atoms with Crippen LogP contribution in [0.15, 0.2) is 59.5 Å². The van der Waals surface area contributed by atoms with Gasteiger partial charge < -0.3 is 14.6 Å². The first-order valence-electron chi connectivity index (χ1n) is 8.20. The van der Waals surface area contributed by atoms with Crippen molar-refractivity contribution in [1.82, 2.24) is 14.9 Å². The topological polar surface area (TPSA) is 75.3 Å². The maximum Gasteiger partial charge on any atom is 0.254 e. The second-order valence-corrected chi connectivity index (χ2v) is 6.04. The quantitative estimate of drug-likeness (QED) is 0.796. The monoisotopic (exact) mass is 335 g/mol. The number of hydrogen-bond acceptors (Lipinski definition) is 4. The number of ether oxygens (including phenoxy) is 1. The van der Waals surface area contributed by atoms with Gasteiger partial charge in [-0.05, 0) is 12.1 Å². The Balaban J connectivity index is 1.55. The van der Waals surface area contributed by atoms with E-state index in [1.165, 1.54) is 6.07 Å². The molecule has 1 N–H and O–H groups in total. The van der Waals surface area contributed by atoms with E-state index in [9.17, 15) is 9.59 Å². The lowest BCUT2D eigenvalue weighted by molar-refractivity contribution is 0.0773. The van der Waals surface area contributed by atoms with Gasteiger partial charge in [0.15, 0.2) is 0 Å². The van der Waals surface area contributed by atoms with Crippen LogP contribution >= 0.6 is 0 Å². The van der Waals surface area contributed by atoms with E-state index in [-0.39, 0.29) is 17.6 Å². The number of carbonyl (C=O) groups excluding carboxylic acids is 1. The van der Waals surface area contributed by atoms with E-state index in [0.29, 0.717) is 30.0 Å². The molecule has 1 aliphatic rings. The van der Waals surface area contributed by atoms with Crippen LogP contribution in [-0.2, 0) is 0 Å². The third-order valence-electron chi connectivity index (χ3n) is 4.34. The van der Waals surface area contributed by atoms with Gasteiger partial charge in [-0.25, -0.2) is 4.98 Å². The predicted octanol–water partition coefficient (Wildman–Crippen LogP) is 2.22. The van der Waals surface area contributed by atoms with Crippen molar-refractivity contribution in [3.63, 3.8) is 0 Å². The number of rotatable bonds is 3. The minimum Gasteiger partial charge on any atom is -0.472 e. The Bertz CT molecular complexity index is 968. The van der Waals surface area contributed by atoms with Crippen molar-refractivity contribution in [2.24, 2.45) is 0 Å². The lowest BCUT2D eigenvalue weighted by Crippen LogP contribution is -2.31. The number of hydrogen-bond donors (Lipinski definition) is 1. The first kappa shape index (κ1) is 15.4. The standard InChI is InChI=1S/C19H17N3O3/c23-17-11-15(14-5-1-2-6-16(14)21-17)19(24)22-10-8-13(12-22)25-18-7-3-4-9-20-18/h1-7,9,11,13H,8,10,12H2,(H,21,23). The summed E-state index contributed by atoms with van der Waals surface area (Å²) < 4.78 is 5.83. The molecule has 1 fully saturated rings. The van der Waals surface area contributed by atoms with Crippen LogP contribution in [0.25, 0.3) is 10.9 Å². The van der Waals surface area contributed by atoms with Crippen LogP contribution < -0.4 is 10.3 Å². The number of aromatic nitrogens is 2. The summed E-state index contributed by atoms with van der Waals surface area (Å²) in [6.45, 7) is 1.08. The van der Waals surface area contributed by atoms with Crippen molar-refractivity contribution in [1.29, 1.82) is 0 Å². The average Bonchev–Trinajstić information content (AvgIpc) is 3.09. The number of amides is 1. The SMILES string of the molecule is O=C(c1cc(=O)[nH]c2ccccc12)N1CCC(Oc2ccccn2)C1. The van der Waals surface area contributed by atoms with Crippen LogP contribution in [0.4, 0.5) is 0 Å². The Morgan fingerprint density at radius 3 is 2.88 bits per heavy atom. The van der Waals surface area contributed by atoms with Gasteiger partial charge in [0.25, 0.3) is 5.91 Å². The molecule has 1 unspecified atom stereocenters. The molecule has 0 radical (unpaired) electrons. The summed E-state index contributed by atoms with van der Waals surface area (Å²) >= 11 is 0. The molecule has 25 heavy (non-hydrogen) atoms. The van der Waals surface area contributed by atoms with Crippen molar-refractivity contribution in [3.05, 3.63) is 70.6 Å². The Labute approximate surface area is 144 Å². The second kappa shape index (κ2) is 6.39. The Kier molecular flexibility index (Phi) is 3.93. The van der Waals surface area contributed by atoms with Crippen LogP contribution in [0.3, 0.4) is 0 Å². The highest BCUT2D eigenvalue weighted by molar-refractivity contribution is 6.06. The zero-order valence-corrected chi connectivity index (χ0v) is 13.5. The van der Waals surface area contributed by atoms with E-state index in [2.05, 4.69) is 9.97 Å². The van der Waals surface area contributed by atoms with Crippen molar-refractivity contribution >= 4 is 16.8 Å². The van der Waals surface area contributed by atoms with Crippen LogP contribution in [0.5, 0.6) is 5.88 Å². The van der Waals surface area contributed by atoms with Gasteiger partial charge in [0.05, 0.1) is 12.1 Å². The molecule has 6 heteroatoms. The number of fused-ring (bicyclic) bond motifs is 1. The highest BCUT2D eigenvalue weighted by Gasteiger charge is 2.29. The molecular weight excluding hydrogens is 318 g/mol. The summed E-state index contributed by atoms with van der Waals surface area (Å²) in [7, 11) is 0. The summed E-state index contributed by atoms with van der Waals surface area (Å²) in [4.78, 5) is 33.4. The number of aromatic amines is 1. The lowest BCUT2D eigenvalue weighted by Gasteiger charge is -2.18. The zero-order valence-electron chi connectivity index (χ0n) is 13.5. The molecule has 1 atom stereocenters. The summed E-state index contributed by atoms with van der Waals surface area (Å²) in [5.41, 5.74) is 0.819. The molecular formula is C19H17N3O3. The fraction of sp³-hybridized carbons (Fsp3) is 0.211. The van der Waals surface area contributed by atoms with Gasteiger partial charge in [-0.1, -0.05) is 24.3 Å². The summed E-state index contributed by atoms with van der Waals surface area (Å²) in [5, 5.41) is 0.751. The number of pyridine rings is 2. The summed E-state index contributed by atoms with van der Waals surface area (Å²) in [6, 6.07) is 14.2. The number of para-hydroxylation sites is 1. The second-order valence-electron chi connectivity index (χ2n) is 6.04. The number of benzene rings is 1. The highest BCUT2D eigenvalue weighted by atomic mass is 16.5. The number of carbonyl (C=O) groups is 1. The molecule has 1 saturated heterocycles. The summed E-state index contributed by atoms with van der Waals surface area (Å²) in [5.74, 6) is 0.415. The van der Waals surface area contributed by atoms with Crippen molar-refractivity contribution in [2.75, 3.05) is 13.1 Å². The molecule has 3 heterocycles. The third-order valence-corrected chi connectivity index (χ3v) is 4.34. The van der Waals surface area contributed by atoms with Crippen molar-refractivity contribution in [3.8, 4) is 5.88 Å². The van der Waals surface area contributed by atoms with Gasteiger partial charge in [0.2, 0.25) is 11.4 Å². The predicted molar refractivity (Wildman–Crippen MR) is 93.7 cm³/mol. The molecule has 3 aromatic rings. The van der Waals surface area contributed by atoms with Crippen molar-refractivity contribution < 1.29 is 9.53 Å². The molecule has 1 aromatic carbocycles. The normalized spacial score (nSPS) is 17.0. The molecule has 2 aromatic heterocycles. The average molecular weight is 335 g/mol. The van der Waals surface area contributed by atoms with Gasteiger partial charge in [0, 0.05) is 42.2 Å². The Hall–Kier alpha value is -3.15. The molecule has 0 aliphatic carbocycles. The molecule has 1 aliphatic heterocycles. The summed E-state index contributed by atoms with van der Waals surface area (Å²) in [6.07, 6.45) is 2.33. The van der Waals surface area contributed by atoms with E-state index < -0.39 is 0 Å². The maximum absolute atomic E-state index is 12.9. The van der Waals surface area contributed by atoms with Gasteiger partial charge in [0.1, 0.15) is 6.10 Å². The Morgan fingerprint density at radius 2 is 2.04 bits per heavy atom. The number of likely N-dealkylation sites (tertiary alicyclic amines) is 1. The smallest absolute Gasteiger partial charge is 0.254 e. The minimum absolute atomic E-state index is 0.0906. The van der Waals surface area contributed by atoms with E-state index in [0.717, 1.165) is 11.8 Å².